The van der Waals surface area contributed by atoms with E-state index < -0.39 is 46.9 Å². The molecule has 3 rings (SSSR count). The molecule has 0 radical (unpaired) electrons. The minimum atomic E-state index is -4.80. The van der Waals surface area contributed by atoms with Gasteiger partial charge in [-0.1, -0.05) is 30.8 Å². The van der Waals surface area contributed by atoms with Crippen LogP contribution in [0.4, 0.5) is 38.1 Å². The van der Waals surface area contributed by atoms with Crippen LogP contribution in [0.5, 0.6) is 0 Å². The predicted molar refractivity (Wildman–Crippen MR) is 132 cm³/mol. The van der Waals surface area contributed by atoms with E-state index in [2.05, 4.69) is 16.7 Å². The summed E-state index contributed by atoms with van der Waals surface area (Å²) in [4.78, 5) is 21.7. The highest BCUT2D eigenvalue weighted by Gasteiger charge is 2.60. The number of allylic oxidation sites excluding steroid dienone is 3. The minimum Gasteiger partial charge on any atom is -0.382 e. The zero-order chi connectivity index (χ0) is 27.9. The first-order chi connectivity index (χ1) is 17.1. The normalized spacial score (nSPS) is 25.1. The van der Waals surface area contributed by atoms with Crippen molar-refractivity contribution in [3.8, 4) is 0 Å². The molecule has 1 spiro atoms. The first-order valence-electron chi connectivity index (χ1n) is 11.6. The Kier molecular flexibility index (Phi) is 8.14. The number of piperidine rings is 1. The number of nitrogens with zero attached hydrogens (tertiary/aromatic N) is 4. The van der Waals surface area contributed by atoms with Crippen LogP contribution in [0.3, 0.4) is 0 Å². The van der Waals surface area contributed by atoms with Crippen LogP contribution in [0.25, 0.3) is 0 Å². The summed E-state index contributed by atoms with van der Waals surface area (Å²) in [7, 11) is 1.41. The van der Waals surface area contributed by atoms with Crippen molar-refractivity contribution in [3.05, 3.63) is 33.1 Å². The Hall–Kier alpha value is -2.48. The van der Waals surface area contributed by atoms with Gasteiger partial charge in [0.1, 0.15) is 10.7 Å². The first kappa shape index (κ1) is 29.1. The van der Waals surface area contributed by atoms with Crippen molar-refractivity contribution in [1.82, 2.24) is 9.55 Å². The summed E-state index contributed by atoms with van der Waals surface area (Å²) in [5, 5.41) is 0. The molecule has 1 aliphatic heterocycles. The molecule has 1 aliphatic carbocycles. The number of halogens is 6. The van der Waals surface area contributed by atoms with E-state index in [0.717, 1.165) is 6.08 Å². The van der Waals surface area contributed by atoms with E-state index in [1.165, 1.54) is 24.6 Å². The molecular formula is C23H30F6N6OS. The maximum absolute atomic E-state index is 13.6. The lowest BCUT2D eigenvalue weighted by atomic mass is 9.73. The summed E-state index contributed by atoms with van der Waals surface area (Å²) in [6, 6.07) is -1.02. The molecule has 37 heavy (non-hydrogen) atoms. The van der Waals surface area contributed by atoms with Gasteiger partial charge in [0, 0.05) is 31.1 Å². The van der Waals surface area contributed by atoms with Gasteiger partial charge in [0.05, 0.1) is 5.92 Å². The Labute approximate surface area is 214 Å². The number of thioether (sulfide) groups is 1. The van der Waals surface area contributed by atoms with Crippen molar-refractivity contribution in [2.75, 3.05) is 23.7 Å². The SMILES string of the molecule is C=N/C(=C(\C=C/C)Sc1c(N)nc(N2CCC3(CC2)C[C@H](C)[C@@H](C(F)(F)F)[C@@H]3N)n(C)c1=O)C(F)(F)F. The van der Waals surface area contributed by atoms with Gasteiger partial charge < -0.3 is 16.4 Å². The van der Waals surface area contributed by atoms with Gasteiger partial charge in [-0.05, 0) is 44.2 Å². The fourth-order valence-electron chi connectivity index (χ4n) is 5.55. The smallest absolute Gasteiger partial charge is 0.382 e. The first-order valence-corrected chi connectivity index (χ1v) is 12.4. The quantitative estimate of drug-likeness (QED) is 0.239. The minimum absolute atomic E-state index is 0.183. The van der Waals surface area contributed by atoms with Crippen molar-refractivity contribution in [2.24, 2.45) is 35.0 Å². The van der Waals surface area contributed by atoms with Crippen LogP contribution in [0.15, 0.2) is 37.4 Å². The van der Waals surface area contributed by atoms with Crippen LogP contribution in [-0.2, 0) is 7.05 Å². The molecule has 206 valence electrons. The number of hydrogen-bond donors (Lipinski definition) is 2. The second-order valence-electron chi connectivity index (χ2n) is 9.59. The average Bonchev–Trinajstić information content (AvgIpc) is 3.03. The number of anilines is 2. The molecule has 1 saturated carbocycles. The monoisotopic (exact) mass is 552 g/mol. The molecule has 2 heterocycles. The van der Waals surface area contributed by atoms with Gasteiger partial charge in [0.15, 0.2) is 5.70 Å². The van der Waals surface area contributed by atoms with E-state index in [9.17, 15) is 31.1 Å². The standard InChI is InChI=1S/C23H30F6N6OS/c1-5-6-13(17(32-3)23(27,28)29)37-15-18(31)33-20(34(4)19(15)36)35-9-7-21(8-10-35)11-12(2)14(16(21)30)22(24,25)26/h5-6,12,14,16H,3,7-11,30-31H2,1-2,4H3/b6-5-,17-13+/t12-,14+,16-/m0/s1. The molecule has 1 aromatic rings. The van der Waals surface area contributed by atoms with Crippen LogP contribution in [0.1, 0.15) is 33.1 Å². The largest absolute Gasteiger partial charge is 0.434 e. The predicted octanol–water partition coefficient (Wildman–Crippen LogP) is 4.64. The van der Waals surface area contributed by atoms with Gasteiger partial charge in [-0.15, -0.1) is 0 Å². The Morgan fingerprint density at radius 3 is 2.30 bits per heavy atom. The molecule has 4 N–H and O–H groups in total. The molecule has 2 aliphatic rings. The Morgan fingerprint density at radius 2 is 1.84 bits per heavy atom. The van der Waals surface area contributed by atoms with E-state index in [-0.39, 0.29) is 21.6 Å². The molecule has 0 unspecified atom stereocenters. The highest BCUT2D eigenvalue weighted by molar-refractivity contribution is 8.03. The summed E-state index contributed by atoms with van der Waals surface area (Å²) < 4.78 is 82.1. The highest BCUT2D eigenvalue weighted by atomic mass is 32.2. The third kappa shape index (κ3) is 5.54. The lowest BCUT2D eigenvalue weighted by Gasteiger charge is -2.43. The number of hydrogen-bond acceptors (Lipinski definition) is 7. The van der Waals surface area contributed by atoms with E-state index >= 15 is 0 Å². The zero-order valence-corrected chi connectivity index (χ0v) is 21.5. The van der Waals surface area contributed by atoms with E-state index in [4.69, 9.17) is 11.5 Å². The molecule has 0 aromatic carbocycles. The lowest BCUT2D eigenvalue weighted by Crippen LogP contribution is -2.51. The molecule has 7 nitrogen and oxygen atoms in total. The van der Waals surface area contributed by atoms with Gasteiger partial charge in [-0.3, -0.25) is 14.4 Å². The summed E-state index contributed by atoms with van der Waals surface area (Å²) in [5.74, 6) is -2.25. The Balaban J connectivity index is 1.89. The Morgan fingerprint density at radius 1 is 1.24 bits per heavy atom. The van der Waals surface area contributed by atoms with Gasteiger partial charge in [0.25, 0.3) is 5.56 Å². The van der Waals surface area contributed by atoms with Gasteiger partial charge in [0.2, 0.25) is 5.95 Å². The number of rotatable bonds is 5. The van der Waals surface area contributed by atoms with Gasteiger partial charge >= 0.3 is 12.4 Å². The van der Waals surface area contributed by atoms with Crippen LogP contribution in [0, 0.1) is 17.3 Å². The summed E-state index contributed by atoms with van der Waals surface area (Å²) >= 11 is 0.491. The van der Waals surface area contributed by atoms with E-state index in [1.54, 1.807) is 11.8 Å². The lowest BCUT2D eigenvalue weighted by molar-refractivity contribution is -0.187. The van der Waals surface area contributed by atoms with Crippen molar-refractivity contribution < 1.29 is 26.3 Å². The molecule has 3 atom stereocenters. The maximum atomic E-state index is 13.6. The van der Waals surface area contributed by atoms with Gasteiger partial charge in [-0.25, -0.2) is 0 Å². The molecule has 0 bridgehead atoms. The number of nitrogen functional groups attached to an aromatic ring is 1. The molecule has 2 fully saturated rings. The summed E-state index contributed by atoms with van der Waals surface area (Å²) in [5.41, 5.74) is 9.58. The molecule has 1 saturated heterocycles. The number of aromatic nitrogens is 2. The average molecular weight is 553 g/mol. The van der Waals surface area contributed by atoms with Crippen molar-refractivity contribution in [3.63, 3.8) is 0 Å². The maximum Gasteiger partial charge on any atom is 0.434 e. The number of nitrogens with two attached hydrogens (primary N) is 2. The molecule has 14 heteroatoms. The fraction of sp³-hybridized carbons (Fsp3) is 0.609. The Bertz CT molecular complexity index is 1150. The van der Waals surface area contributed by atoms with Crippen LogP contribution in [-0.4, -0.2) is 47.8 Å². The topological polar surface area (TPSA) is 103 Å². The number of alkyl halides is 6. The van der Waals surface area contributed by atoms with Crippen molar-refractivity contribution in [2.45, 2.75) is 56.4 Å². The van der Waals surface area contributed by atoms with Crippen molar-refractivity contribution in [1.29, 1.82) is 0 Å². The number of aliphatic imine (C=N–C) groups is 1. The third-order valence-corrected chi connectivity index (χ3v) is 8.43. The molecule has 1 aromatic heterocycles. The second-order valence-corrected chi connectivity index (χ2v) is 10.6. The highest BCUT2D eigenvalue weighted by Crippen LogP contribution is 2.55. The summed E-state index contributed by atoms with van der Waals surface area (Å²) in [6.07, 6.45) is -5.54. The van der Waals surface area contributed by atoms with E-state index in [0.29, 0.717) is 44.1 Å². The third-order valence-electron chi connectivity index (χ3n) is 7.30. The van der Waals surface area contributed by atoms with Gasteiger partial charge in [-0.2, -0.15) is 31.3 Å². The zero-order valence-electron chi connectivity index (χ0n) is 20.7. The van der Waals surface area contributed by atoms with Crippen LogP contribution < -0.4 is 21.9 Å². The van der Waals surface area contributed by atoms with Crippen LogP contribution >= 0.6 is 11.8 Å². The molecular weight excluding hydrogens is 522 g/mol. The fourth-order valence-corrected chi connectivity index (χ4v) is 6.63. The summed E-state index contributed by atoms with van der Waals surface area (Å²) in [6.45, 7) is 6.68. The van der Waals surface area contributed by atoms with E-state index in [1.807, 2.05) is 0 Å². The molecule has 0 amide bonds. The van der Waals surface area contributed by atoms with Crippen molar-refractivity contribution >= 4 is 30.2 Å². The van der Waals surface area contributed by atoms with Crippen LogP contribution in [0.2, 0.25) is 0 Å². The second kappa shape index (κ2) is 10.4.